The van der Waals surface area contributed by atoms with Crippen molar-refractivity contribution in [2.45, 2.75) is 25.1 Å². The number of likely N-dealkylation sites (tertiary alicyclic amines) is 1. The lowest BCUT2D eigenvalue weighted by Gasteiger charge is -2.24. The van der Waals surface area contributed by atoms with Crippen molar-refractivity contribution in [1.29, 1.82) is 0 Å². The number of carbonyl (C=O) groups is 2. The van der Waals surface area contributed by atoms with E-state index in [4.69, 9.17) is 0 Å². The molecule has 8 heteroatoms. The highest BCUT2D eigenvalue weighted by Gasteiger charge is 2.36. The van der Waals surface area contributed by atoms with Gasteiger partial charge in [0.1, 0.15) is 12.6 Å². The van der Waals surface area contributed by atoms with Gasteiger partial charge in [0.25, 0.3) is 5.91 Å². The van der Waals surface area contributed by atoms with Gasteiger partial charge < -0.3 is 10.2 Å². The third-order valence-corrected chi connectivity index (χ3v) is 4.35. The zero-order chi connectivity index (χ0) is 19.4. The summed E-state index contributed by atoms with van der Waals surface area (Å²) in [6.45, 7) is -1.07. The maximum absolute atomic E-state index is 12.8. The summed E-state index contributed by atoms with van der Waals surface area (Å²) >= 11 is 0. The highest BCUT2D eigenvalue weighted by atomic mass is 19.4. The molecule has 1 atom stereocenters. The van der Waals surface area contributed by atoms with Gasteiger partial charge in [0, 0.05) is 23.9 Å². The molecule has 0 spiro atoms. The molecule has 1 saturated heterocycles. The first-order valence-corrected chi connectivity index (χ1v) is 8.52. The summed E-state index contributed by atoms with van der Waals surface area (Å²) in [4.78, 5) is 30.5. The quantitative estimate of drug-likeness (QED) is 0.891. The minimum absolute atomic E-state index is 0.330. The highest BCUT2D eigenvalue weighted by Crippen LogP contribution is 2.23. The molecule has 27 heavy (non-hydrogen) atoms. The number of alkyl halides is 3. The second kappa shape index (κ2) is 7.77. The Morgan fingerprint density at radius 2 is 2.00 bits per heavy atom. The molecule has 1 N–H and O–H groups in total. The van der Waals surface area contributed by atoms with Gasteiger partial charge in [-0.1, -0.05) is 18.2 Å². The summed E-state index contributed by atoms with van der Waals surface area (Å²) in [6.07, 6.45) is -1.93. The van der Waals surface area contributed by atoms with Crippen LogP contribution in [0.2, 0.25) is 0 Å². The van der Waals surface area contributed by atoms with Crippen LogP contribution >= 0.6 is 0 Å². The van der Waals surface area contributed by atoms with Gasteiger partial charge in [-0.05, 0) is 37.1 Å². The Morgan fingerprint density at radius 1 is 1.19 bits per heavy atom. The van der Waals surface area contributed by atoms with Crippen LogP contribution in [0.4, 0.5) is 13.2 Å². The summed E-state index contributed by atoms with van der Waals surface area (Å²) in [5.41, 5.74) is 1.82. The molecule has 0 bridgehead atoms. The second-order valence-corrected chi connectivity index (χ2v) is 6.29. The number of carbonyl (C=O) groups excluding carboxylic acids is 2. The molecular weight excluding hydrogens is 359 g/mol. The highest BCUT2D eigenvalue weighted by molar-refractivity contribution is 5.98. The number of nitrogens with zero attached hydrogens (tertiary/aromatic N) is 2. The lowest BCUT2D eigenvalue weighted by molar-refractivity contribution is -0.140. The van der Waals surface area contributed by atoms with Crippen molar-refractivity contribution >= 4 is 11.8 Å². The average molecular weight is 377 g/mol. The number of hydrogen-bond acceptors (Lipinski definition) is 3. The molecule has 1 aliphatic heterocycles. The second-order valence-electron chi connectivity index (χ2n) is 6.29. The first kappa shape index (κ1) is 18.9. The van der Waals surface area contributed by atoms with Crippen LogP contribution in [-0.4, -0.2) is 47.0 Å². The van der Waals surface area contributed by atoms with Crippen molar-refractivity contribution < 1.29 is 22.8 Å². The van der Waals surface area contributed by atoms with Gasteiger partial charge in [-0.15, -0.1) is 0 Å². The minimum atomic E-state index is -4.49. The van der Waals surface area contributed by atoms with Crippen LogP contribution in [0.3, 0.4) is 0 Å². The molecule has 1 aliphatic rings. The van der Waals surface area contributed by atoms with Crippen LogP contribution in [0.15, 0.2) is 48.7 Å². The standard InChI is InChI=1S/C19H18F3N3O2/c20-19(21,22)12-24-17(26)16-8-4-10-25(16)18(27)14-6-3-5-13(11-14)15-7-1-2-9-23-15/h1-3,5-7,9,11,16H,4,8,10,12H2,(H,24,26). The van der Waals surface area contributed by atoms with E-state index < -0.39 is 24.7 Å². The summed E-state index contributed by atoms with van der Waals surface area (Å²) in [7, 11) is 0. The number of rotatable bonds is 4. The predicted octanol–water partition coefficient (Wildman–Crippen LogP) is 3.03. The van der Waals surface area contributed by atoms with Crippen molar-refractivity contribution in [3.63, 3.8) is 0 Å². The topological polar surface area (TPSA) is 62.3 Å². The van der Waals surface area contributed by atoms with E-state index in [2.05, 4.69) is 4.98 Å². The molecule has 5 nitrogen and oxygen atoms in total. The van der Waals surface area contributed by atoms with Crippen LogP contribution in [-0.2, 0) is 4.79 Å². The van der Waals surface area contributed by atoms with E-state index in [1.54, 1.807) is 30.5 Å². The Bertz CT molecular complexity index is 824. The molecule has 0 saturated carbocycles. The van der Waals surface area contributed by atoms with Crippen molar-refractivity contribution in [3.8, 4) is 11.3 Å². The van der Waals surface area contributed by atoms with Crippen molar-refractivity contribution in [1.82, 2.24) is 15.2 Å². The van der Waals surface area contributed by atoms with Crippen molar-refractivity contribution in [2.75, 3.05) is 13.1 Å². The Labute approximate surface area is 154 Å². The van der Waals surface area contributed by atoms with Gasteiger partial charge in [-0.25, -0.2) is 0 Å². The largest absolute Gasteiger partial charge is 0.405 e. The number of benzene rings is 1. The fourth-order valence-electron chi connectivity index (χ4n) is 3.10. The minimum Gasteiger partial charge on any atom is -0.345 e. The van der Waals surface area contributed by atoms with Crippen LogP contribution in [0, 0.1) is 0 Å². The number of hydrogen-bond donors (Lipinski definition) is 1. The molecule has 2 amide bonds. The van der Waals surface area contributed by atoms with Crippen LogP contribution in [0.1, 0.15) is 23.2 Å². The SMILES string of the molecule is O=C(NCC(F)(F)F)C1CCCN1C(=O)c1cccc(-c2ccccn2)c1. The van der Waals surface area contributed by atoms with Gasteiger partial charge in [0.2, 0.25) is 5.91 Å². The smallest absolute Gasteiger partial charge is 0.345 e. The van der Waals surface area contributed by atoms with Crippen LogP contribution in [0.25, 0.3) is 11.3 Å². The zero-order valence-electron chi connectivity index (χ0n) is 14.4. The zero-order valence-corrected chi connectivity index (χ0v) is 14.4. The fraction of sp³-hybridized carbons (Fsp3) is 0.316. The van der Waals surface area contributed by atoms with E-state index in [0.29, 0.717) is 30.6 Å². The molecular formula is C19H18F3N3O2. The maximum Gasteiger partial charge on any atom is 0.405 e. The molecule has 2 heterocycles. The predicted molar refractivity (Wildman–Crippen MR) is 92.8 cm³/mol. The molecule has 1 aromatic carbocycles. The van der Waals surface area contributed by atoms with Gasteiger partial charge in [-0.2, -0.15) is 13.2 Å². The molecule has 0 radical (unpaired) electrons. The van der Waals surface area contributed by atoms with Crippen LogP contribution < -0.4 is 5.32 Å². The summed E-state index contributed by atoms with van der Waals surface area (Å²) in [6, 6.07) is 11.4. The Morgan fingerprint density at radius 3 is 2.70 bits per heavy atom. The van der Waals surface area contributed by atoms with E-state index in [1.165, 1.54) is 4.90 Å². The number of aromatic nitrogens is 1. The fourth-order valence-corrected chi connectivity index (χ4v) is 3.10. The van der Waals surface area contributed by atoms with E-state index in [9.17, 15) is 22.8 Å². The summed E-state index contributed by atoms with van der Waals surface area (Å²) in [5.74, 6) is -1.16. The van der Waals surface area contributed by atoms with Crippen LogP contribution in [0.5, 0.6) is 0 Å². The first-order chi connectivity index (χ1) is 12.8. The molecule has 2 aromatic rings. The number of amides is 2. The van der Waals surface area contributed by atoms with E-state index in [-0.39, 0.29) is 5.91 Å². The summed E-state index contributed by atoms with van der Waals surface area (Å²) < 4.78 is 37.0. The summed E-state index contributed by atoms with van der Waals surface area (Å²) in [5, 5.41) is 1.87. The van der Waals surface area contributed by atoms with E-state index >= 15 is 0 Å². The first-order valence-electron chi connectivity index (χ1n) is 8.52. The van der Waals surface area contributed by atoms with Gasteiger partial charge in [0.05, 0.1) is 5.69 Å². The molecule has 1 fully saturated rings. The number of halogens is 3. The molecule has 3 rings (SSSR count). The Hall–Kier alpha value is -2.90. The lowest BCUT2D eigenvalue weighted by atomic mass is 10.1. The molecule has 1 unspecified atom stereocenters. The molecule has 142 valence electrons. The average Bonchev–Trinajstić information content (AvgIpc) is 3.15. The molecule has 1 aromatic heterocycles. The monoisotopic (exact) mass is 377 g/mol. The van der Waals surface area contributed by atoms with Gasteiger partial charge in [0.15, 0.2) is 0 Å². The van der Waals surface area contributed by atoms with E-state index in [0.717, 1.165) is 5.56 Å². The normalized spacial score (nSPS) is 17.0. The van der Waals surface area contributed by atoms with Crippen molar-refractivity contribution in [3.05, 3.63) is 54.2 Å². The van der Waals surface area contributed by atoms with Crippen molar-refractivity contribution in [2.24, 2.45) is 0 Å². The van der Waals surface area contributed by atoms with Gasteiger partial charge in [-0.3, -0.25) is 14.6 Å². The number of nitrogens with one attached hydrogen (secondary N) is 1. The lowest BCUT2D eigenvalue weighted by Crippen LogP contribution is -2.48. The third kappa shape index (κ3) is 4.64. The Kier molecular flexibility index (Phi) is 5.43. The number of pyridine rings is 1. The van der Waals surface area contributed by atoms with Gasteiger partial charge >= 0.3 is 6.18 Å². The third-order valence-electron chi connectivity index (χ3n) is 4.35. The maximum atomic E-state index is 12.8. The van der Waals surface area contributed by atoms with E-state index in [1.807, 2.05) is 23.5 Å². The molecule has 0 aliphatic carbocycles. The Balaban J connectivity index is 1.76.